The SMILES string of the molecule is Cc1ccc(NC(C)c2ccc(F)cn2)cc1S(N)(=O)=O. The van der Waals surface area contributed by atoms with Crippen LogP contribution in [0, 0.1) is 12.7 Å². The second kappa shape index (κ2) is 5.79. The van der Waals surface area contributed by atoms with Gasteiger partial charge in [0.25, 0.3) is 0 Å². The van der Waals surface area contributed by atoms with Crippen molar-refractivity contribution in [1.29, 1.82) is 0 Å². The van der Waals surface area contributed by atoms with Crippen LogP contribution in [0.4, 0.5) is 10.1 Å². The lowest BCUT2D eigenvalue weighted by molar-refractivity contribution is 0.597. The van der Waals surface area contributed by atoms with E-state index in [1.807, 2.05) is 6.92 Å². The molecule has 2 aromatic rings. The molecule has 2 rings (SSSR count). The van der Waals surface area contributed by atoms with E-state index in [0.29, 0.717) is 16.9 Å². The Morgan fingerprint density at radius 3 is 2.57 bits per heavy atom. The van der Waals surface area contributed by atoms with E-state index < -0.39 is 15.8 Å². The van der Waals surface area contributed by atoms with Gasteiger partial charge in [-0.2, -0.15) is 0 Å². The van der Waals surface area contributed by atoms with Gasteiger partial charge in [0.15, 0.2) is 0 Å². The zero-order chi connectivity index (χ0) is 15.6. The predicted molar refractivity (Wildman–Crippen MR) is 78.8 cm³/mol. The number of aryl methyl sites for hydroxylation is 1. The van der Waals surface area contributed by atoms with Crippen molar-refractivity contribution in [3.8, 4) is 0 Å². The third-order valence-electron chi connectivity index (χ3n) is 3.07. The second-order valence-corrected chi connectivity index (χ2v) is 6.32. The van der Waals surface area contributed by atoms with Crippen molar-refractivity contribution < 1.29 is 12.8 Å². The smallest absolute Gasteiger partial charge is 0.238 e. The molecule has 1 unspecified atom stereocenters. The Kier molecular flexibility index (Phi) is 4.24. The van der Waals surface area contributed by atoms with Crippen molar-refractivity contribution in [3.05, 3.63) is 53.6 Å². The van der Waals surface area contributed by atoms with Crippen LogP contribution in [-0.2, 0) is 10.0 Å². The molecule has 21 heavy (non-hydrogen) atoms. The maximum absolute atomic E-state index is 12.8. The highest BCUT2D eigenvalue weighted by molar-refractivity contribution is 7.89. The van der Waals surface area contributed by atoms with Gasteiger partial charge in [0.05, 0.1) is 22.8 Å². The van der Waals surface area contributed by atoms with E-state index >= 15 is 0 Å². The van der Waals surface area contributed by atoms with Gasteiger partial charge in [-0.25, -0.2) is 17.9 Å². The third-order valence-corrected chi connectivity index (χ3v) is 4.12. The zero-order valence-electron chi connectivity index (χ0n) is 11.7. The number of rotatable bonds is 4. The highest BCUT2D eigenvalue weighted by atomic mass is 32.2. The van der Waals surface area contributed by atoms with Gasteiger partial charge in [-0.1, -0.05) is 6.07 Å². The molecule has 3 N–H and O–H groups in total. The summed E-state index contributed by atoms with van der Waals surface area (Å²) < 4.78 is 35.8. The molecule has 0 bridgehead atoms. The van der Waals surface area contributed by atoms with E-state index in [1.54, 1.807) is 25.1 Å². The van der Waals surface area contributed by atoms with Gasteiger partial charge in [-0.3, -0.25) is 4.98 Å². The highest BCUT2D eigenvalue weighted by Gasteiger charge is 2.13. The minimum atomic E-state index is -3.77. The molecule has 1 heterocycles. The number of pyridine rings is 1. The first-order valence-corrected chi connectivity index (χ1v) is 7.83. The summed E-state index contributed by atoms with van der Waals surface area (Å²) in [7, 11) is -3.77. The van der Waals surface area contributed by atoms with E-state index in [0.717, 1.165) is 6.20 Å². The van der Waals surface area contributed by atoms with E-state index in [4.69, 9.17) is 5.14 Å². The van der Waals surface area contributed by atoms with Crippen LogP contribution in [0.15, 0.2) is 41.4 Å². The lowest BCUT2D eigenvalue weighted by Gasteiger charge is -2.16. The minimum absolute atomic E-state index is 0.0757. The molecule has 0 aliphatic heterocycles. The number of benzene rings is 1. The van der Waals surface area contributed by atoms with E-state index in [-0.39, 0.29) is 10.9 Å². The van der Waals surface area contributed by atoms with Crippen LogP contribution < -0.4 is 10.5 Å². The first-order chi connectivity index (χ1) is 9.77. The lowest BCUT2D eigenvalue weighted by Crippen LogP contribution is -2.15. The van der Waals surface area contributed by atoms with Gasteiger partial charge in [-0.15, -0.1) is 0 Å². The molecule has 1 aromatic carbocycles. The standard InChI is InChI=1S/C14H16FN3O2S/c1-9-3-5-12(7-14(9)21(16,19)20)18-10(2)13-6-4-11(15)8-17-13/h3-8,10,18H,1-2H3,(H2,16,19,20). The highest BCUT2D eigenvalue weighted by Crippen LogP contribution is 2.22. The molecular formula is C14H16FN3O2S. The number of sulfonamides is 1. The predicted octanol–water partition coefficient (Wildman–Crippen LogP) is 2.35. The van der Waals surface area contributed by atoms with E-state index in [1.165, 1.54) is 12.1 Å². The van der Waals surface area contributed by atoms with Crippen molar-refractivity contribution in [2.24, 2.45) is 5.14 Å². The fraction of sp³-hybridized carbons (Fsp3) is 0.214. The first kappa shape index (κ1) is 15.4. The number of hydrogen-bond donors (Lipinski definition) is 2. The number of nitrogens with zero attached hydrogens (tertiary/aromatic N) is 1. The second-order valence-electron chi connectivity index (χ2n) is 4.79. The van der Waals surface area contributed by atoms with Crippen molar-refractivity contribution in [2.45, 2.75) is 24.8 Å². The Morgan fingerprint density at radius 2 is 2.00 bits per heavy atom. The van der Waals surface area contributed by atoms with Crippen molar-refractivity contribution in [2.75, 3.05) is 5.32 Å². The van der Waals surface area contributed by atoms with E-state index in [2.05, 4.69) is 10.3 Å². The molecule has 0 amide bonds. The Balaban J connectivity index is 2.26. The van der Waals surface area contributed by atoms with Crippen LogP contribution in [0.2, 0.25) is 0 Å². The normalized spacial score (nSPS) is 13.0. The number of primary sulfonamides is 1. The summed E-state index contributed by atoms with van der Waals surface area (Å²) in [6, 6.07) is 7.59. The Labute approximate surface area is 123 Å². The van der Waals surface area contributed by atoms with Gasteiger partial charge >= 0.3 is 0 Å². The van der Waals surface area contributed by atoms with Crippen LogP contribution >= 0.6 is 0 Å². The Hall–Kier alpha value is -1.99. The zero-order valence-corrected chi connectivity index (χ0v) is 12.5. The van der Waals surface area contributed by atoms with Crippen LogP contribution in [0.1, 0.15) is 24.2 Å². The first-order valence-electron chi connectivity index (χ1n) is 6.29. The molecule has 0 radical (unpaired) electrons. The number of nitrogens with one attached hydrogen (secondary N) is 1. The minimum Gasteiger partial charge on any atom is -0.377 e. The maximum atomic E-state index is 12.8. The number of anilines is 1. The Morgan fingerprint density at radius 1 is 1.29 bits per heavy atom. The van der Waals surface area contributed by atoms with Crippen LogP contribution in [-0.4, -0.2) is 13.4 Å². The molecule has 0 fully saturated rings. The summed E-state index contributed by atoms with van der Waals surface area (Å²) in [6.45, 7) is 3.52. The van der Waals surface area contributed by atoms with Gasteiger partial charge < -0.3 is 5.32 Å². The topological polar surface area (TPSA) is 85.1 Å². The molecule has 0 spiro atoms. The molecule has 7 heteroatoms. The Bertz CT molecular complexity index is 745. The van der Waals surface area contributed by atoms with Crippen LogP contribution in [0.25, 0.3) is 0 Å². The average Bonchev–Trinajstić information content (AvgIpc) is 2.40. The van der Waals surface area contributed by atoms with Gasteiger partial charge in [0, 0.05) is 5.69 Å². The fourth-order valence-electron chi connectivity index (χ4n) is 1.96. The van der Waals surface area contributed by atoms with Crippen LogP contribution in [0.3, 0.4) is 0 Å². The van der Waals surface area contributed by atoms with Gasteiger partial charge in [-0.05, 0) is 43.7 Å². The molecule has 0 saturated carbocycles. The number of aromatic nitrogens is 1. The molecule has 0 aliphatic rings. The molecule has 0 aliphatic carbocycles. The van der Waals surface area contributed by atoms with Crippen molar-refractivity contribution in [1.82, 2.24) is 4.98 Å². The quantitative estimate of drug-likeness (QED) is 0.908. The van der Waals surface area contributed by atoms with Crippen molar-refractivity contribution >= 4 is 15.7 Å². The monoisotopic (exact) mass is 309 g/mol. The third kappa shape index (κ3) is 3.77. The van der Waals surface area contributed by atoms with Crippen LogP contribution in [0.5, 0.6) is 0 Å². The summed E-state index contributed by atoms with van der Waals surface area (Å²) >= 11 is 0. The maximum Gasteiger partial charge on any atom is 0.238 e. The van der Waals surface area contributed by atoms with Gasteiger partial charge in [0.1, 0.15) is 5.82 Å². The molecule has 1 atom stereocenters. The van der Waals surface area contributed by atoms with Crippen molar-refractivity contribution in [3.63, 3.8) is 0 Å². The molecule has 0 saturated heterocycles. The molecule has 1 aromatic heterocycles. The molecule has 112 valence electrons. The van der Waals surface area contributed by atoms with Gasteiger partial charge in [0.2, 0.25) is 10.0 Å². The lowest BCUT2D eigenvalue weighted by atomic mass is 10.1. The summed E-state index contributed by atoms with van der Waals surface area (Å²) in [6.07, 6.45) is 1.14. The summed E-state index contributed by atoms with van der Waals surface area (Å²) in [4.78, 5) is 4.06. The number of halogens is 1. The summed E-state index contributed by atoms with van der Waals surface area (Å²) in [5.41, 5.74) is 1.83. The summed E-state index contributed by atoms with van der Waals surface area (Å²) in [5, 5.41) is 8.29. The largest absolute Gasteiger partial charge is 0.377 e. The number of hydrogen-bond acceptors (Lipinski definition) is 4. The number of nitrogens with two attached hydrogens (primary N) is 1. The average molecular weight is 309 g/mol. The van der Waals surface area contributed by atoms with E-state index in [9.17, 15) is 12.8 Å². The summed E-state index contributed by atoms with van der Waals surface area (Å²) in [5.74, 6) is -0.405. The fourth-order valence-corrected chi connectivity index (χ4v) is 2.77. The molecule has 5 nitrogen and oxygen atoms in total. The molecular weight excluding hydrogens is 293 g/mol.